The number of rotatable bonds is 4. The van der Waals surface area contributed by atoms with Gasteiger partial charge in [0, 0.05) is 24.0 Å². The average Bonchev–Trinajstić information content (AvgIpc) is 2.63. The lowest BCUT2D eigenvalue weighted by Gasteiger charge is -2.41. The van der Waals surface area contributed by atoms with Crippen LogP contribution in [-0.2, 0) is 4.79 Å². The van der Waals surface area contributed by atoms with Crippen LogP contribution in [0.1, 0.15) is 44.7 Å². The summed E-state index contributed by atoms with van der Waals surface area (Å²) in [6.07, 6.45) is 3.12. The number of thioether (sulfide) groups is 1. The molecule has 1 N–H and O–H groups in total. The summed E-state index contributed by atoms with van der Waals surface area (Å²) in [5.41, 5.74) is 1.28. The van der Waals surface area contributed by atoms with Crippen LogP contribution in [0.3, 0.4) is 0 Å². The van der Waals surface area contributed by atoms with Gasteiger partial charge < -0.3 is 10.2 Å². The third-order valence-corrected chi connectivity index (χ3v) is 6.84. The Morgan fingerprint density at radius 3 is 2.64 bits per heavy atom. The summed E-state index contributed by atoms with van der Waals surface area (Å²) in [6.45, 7) is 7.62. The second-order valence-corrected chi connectivity index (χ2v) is 8.77. The number of nitrogens with one attached hydrogen (secondary N) is 1. The number of amides is 1. The lowest BCUT2D eigenvalue weighted by molar-refractivity contribution is -0.135. The van der Waals surface area contributed by atoms with Gasteiger partial charge in [-0.05, 0) is 43.3 Å². The van der Waals surface area contributed by atoms with Crippen molar-refractivity contribution in [3.63, 3.8) is 0 Å². The van der Waals surface area contributed by atoms with E-state index in [2.05, 4.69) is 54.4 Å². The highest BCUT2D eigenvalue weighted by Gasteiger charge is 2.34. The number of hydrogen-bond donors (Lipinski definition) is 1. The Morgan fingerprint density at radius 2 is 1.96 bits per heavy atom. The maximum absolute atomic E-state index is 13.1. The molecular formula is C20H31ClN2OS. The monoisotopic (exact) mass is 382 g/mol. The van der Waals surface area contributed by atoms with Gasteiger partial charge in [0.05, 0.1) is 6.04 Å². The fourth-order valence-electron chi connectivity index (χ4n) is 4.17. The number of hydrogen-bond acceptors (Lipinski definition) is 3. The molecule has 2 fully saturated rings. The summed E-state index contributed by atoms with van der Waals surface area (Å²) >= 11 is 1.99. The number of halogens is 1. The van der Waals surface area contributed by atoms with Gasteiger partial charge >= 0.3 is 0 Å². The first kappa shape index (κ1) is 20.6. The van der Waals surface area contributed by atoms with Crippen LogP contribution in [0.4, 0.5) is 0 Å². The molecule has 3 rings (SSSR count). The number of carbonyl (C=O) groups is 1. The van der Waals surface area contributed by atoms with Crippen LogP contribution in [0.25, 0.3) is 0 Å². The van der Waals surface area contributed by atoms with Gasteiger partial charge in [-0.2, -0.15) is 11.8 Å². The van der Waals surface area contributed by atoms with Gasteiger partial charge in [-0.3, -0.25) is 4.79 Å². The number of nitrogens with zero attached hydrogens (tertiary/aromatic N) is 1. The van der Waals surface area contributed by atoms with E-state index in [1.54, 1.807) is 0 Å². The molecule has 0 aliphatic carbocycles. The highest BCUT2D eigenvalue weighted by atomic mass is 35.5. The molecule has 0 aromatic heterocycles. The zero-order valence-electron chi connectivity index (χ0n) is 15.3. The van der Waals surface area contributed by atoms with Gasteiger partial charge in [-0.25, -0.2) is 0 Å². The first-order valence-corrected chi connectivity index (χ1v) is 10.4. The molecule has 1 aromatic carbocycles. The summed E-state index contributed by atoms with van der Waals surface area (Å²) in [6, 6.07) is 10.8. The molecule has 0 spiro atoms. The number of benzene rings is 1. The van der Waals surface area contributed by atoms with Crippen LogP contribution in [0.2, 0.25) is 0 Å². The zero-order valence-corrected chi connectivity index (χ0v) is 17.0. The Labute approximate surface area is 162 Å². The predicted molar refractivity (Wildman–Crippen MR) is 109 cm³/mol. The third kappa shape index (κ3) is 5.15. The fourth-order valence-corrected chi connectivity index (χ4v) is 5.33. The summed E-state index contributed by atoms with van der Waals surface area (Å²) in [5.74, 6) is 2.59. The SMILES string of the molecule is CC(CC(=O)N1CCSC(C)C1c1ccccc1)C1CCNCC1.Cl. The van der Waals surface area contributed by atoms with Crippen LogP contribution < -0.4 is 5.32 Å². The number of piperidine rings is 1. The third-order valence-electron chi connectivity index (χ3n) is 5.64. The molecule has 1 amide bonds. The normalized spacial score (nSPS) is 25.9. The molecule has 3 atom stereocenters. The van der Waals surface area contributed by atoms with E-state index in [0.717, 1.165) is 25.4 Å². The molecule has 2 heterocycles. The first-order valence-electron chi connectivity index (χ1n) is 9.33. The summed E-state index contributed by atoms with van der Waals surface area (Å²) in [7, 11) is 0. The fraction of sp³-hybridized carbons (Fsp3) is 0.650. The molecule has 140 valence electrons. The molecule has 0 radical (unpaired) electrons. The van der Waals surface area contributed by atoms with E-state index in [0.29, 0.717) is 29.4 Å². The molecule has 0 saturated carbocycles. The van der Waals surface area contributed by atoms with Crippen molar-refractivity contribution in [1.82, 2.24) is 10.2 Å². The highest BCUT2D eigenvalue weighted by Crippen LogP contribution is 2.37. The van der Waals surface area contributed by atoms with Crippen molar-refractivity contribution in [3.8, 4) is 0 Å². The van der Waals surface area contributed by atoms with Crippen molar-refractivity contribution in [2.75, 3.05) is 25.4 Å². The van der Waals surface area contributed by atoms with Gasteiger partial charge in [-0.1, -0.05) is 44.2 Å². The maximum Gasteiger partial charge on any atom is 0.223 e. The van der Waals surface area contributed by atoms with Crippen molar-refractivity contribution in [2.45, 2.75) is 44.4 Å². The first-order chi connectivity index (χ1) is 11.7. The van der Waals surface area contributed by atoms with Gasteiger partial charge in [-0.15, -0.1) is 12.4 Å². The van der Waals surface area contributed by atoms with Crippen LogP contribution in [0.15, 0.2) is 30.3 Å². The van der Waals surface area contributed by atoms with E-state index in [9.17, 15) is 4.79 Å². The highest BCUT2D eigenvalue weighted by molar-refractivity contribution is 8.00. The van der Waals surface area contributed by atoms with Gasteiger partial charge in [0.2, 0.25) is 5.91 Å². The number of carbonyl (C=O) groups excluding carboxylic acids is 1. The van der Waals surface area contributed by atoms with Crippen LogP contribution in [0.5, 0.6) is 0 Å². The second-order valence-electron chi connectivity index (χ2n) is 7.29. The smallest absolute Gasteiger partial charge is 0.223 e. The van der Waals surface area contributed by atoms with E-state index in [1.165, 1.54) is 18.4 Å². The standard InChI is InChI=1S/C20H30N2OS.ClH/c1-15(17-8-10-21-11-9-17)14-19(23)22-12-13-24-16(2)20(22)18-6-4-3-5-7-18;/h3-7,15-17,20-21H,8-14H2,1-2H3;1H. The second kappa shape index (κ2) is 9.84. The Bertz CT molecular complexity index is 536. The molecule has 5 heteroatoms. The van der Waals surface area contributed by atoms with Gasteiger partial charge in [0.15, 0.2) is 0 Å². The van der Waals surface area contributed by atoms with E-state index in [-0.39, 0.29) is 18.4 Å². The van der Waals surface area contributed by atoms with Crippen molar-refractivity contribution in [3.05, 3.63) is 35.9 Å². The minimum atomic E-state index is 0. The summed E-state index contributed by atoms with van der Waals surface area (Å²) in [4.78, 5) is 15.2. The minimum absolute atomic E-state index is 0. The van der Waals surface area contributed by atoms with Crippen molar-refractivity contribution < 1.29 is 4.79 Å². The molecule has 2 saturated heterocycles. The Morgan fingerprint density at radius 1 is 1.28 bits per heavy atom. The zero-order chi connectivity index (χ0) is 16.9. The van der Waals surface area contributed by atoms with E-state index in [1.807, 2.05) is 11.8 Å². The molecule has 1 aromatic rings. The van der Waals surface area contributed by atoms with Crippen LogP contribution in [0, 0.1) is 11.8 Å². The van der Waals surface area contributed by atoms with Crippen LogP contribution in [-0.4, -0.2) is 41.4 Å². The molecule has 2 aliphatic rings. The molecular weight excluding hydrogens is 352 g/mol. The van der Waals surface area contributed by atoms with E-state index >= 15 is 0 Å². The molecule has 3 unspecified atom stereocenters. The average molecular weight is 383 g/mol. The van der Waals surface area contributed by atoms with Gasteiger partial charge in [0.25, 0.3) is 0 Å². The Balaban J connectivity index is 0.00000225. The lowest BCUT2D eigenvalue weighted by atomic mass is 9.83. The van der Waals surface area contributed by atoms with Crippen molar-refractivity contribution in [1.29, 1.82) is 0 Å². The molecule has 0 bridgehead atoms. The predicted octanol–water partition coefficient (Wildman–Crippen LogP) is 4.14. The maximum atomic E-state index is 13.1. The van der Waals surface area contributed by atoms with E-state index in [4.69, 9.17) is 0 Å². The largest absolute Gasteiger partial charge is 0.334 e. The molecule has 3 nitrogen and oxygen atoms in total. The summed E-state index contributed by atoms with van der Waals surface area (Å²) < 4.78 is 0. The molecule has 25 heavy (non-hydrogen) atoms. The lowest BCUT2D eigenvalue weighted by Crippen LogP contribution is -2.45. The Hall–Kier alpha value is -0.710. The molecule has 2 aliphatic heterocycles. The van der Waals surface area contributed by atoms with Crippen molar-refractivity contribution >= 4 is 30.1 Å². The van der Waals surface area contributed by atoms with Crippen LogP contribution >= 0.6 is 24.2 Å². The van der Waals surface area contributed by atoms with Crippen molar-refractivity contribution in [2.24, 2.45) is 11.8 Å². The van der Waals surface area contributed by atoms with Gasteiger partial charge in [0.1, 0.15) is 0 Å². The topological polar surface area (TPSA) is 32.3 Å². The minimum Gasteiger partial charge on any atom is -0.334 e. The Kier molecular flexibility index (Phi) is 8.11. The quantitative estimate of drug-likeness (QED) is 0.849. The van der Waals surface area contributed by atoms with E-state index < -0.39 is 0 Å². The summed E-state index contributed by atoms with van der Waals surface area (Å²) in [5, 5.41) is 3.88.